The lowest BCUT2D eigenvalue weighted by molar-refractivity contribution is 0.482. The molecule has 0 saturated carbocycles. The Morgan fingerprint density at radius 2 is 2.00 bits per heavy atom. The second kappa shape index (κ2) is 5.23. The second-order valence-corrected chi connectivity index (χ2v) is 4.69. The van der Waals surface area contributed by atoms with Crippen LogP contribution < -0.4 is 10.6 Å². The monoisotopic (exact) mass is 260 g/mol. The number of anilines is 1. The number of hydrogen-bond donors (Lipinski definition) is 1. The lowest BCUT2D eigenvalue weighted by Crippen LogP contribution is -2.21. The molecule has 4 heteroatoms. The van der Waals surface area contributed by atoms with Crippen LogP contribution in [0.4, 0.5) is 5.69 Å². The average molecular weight is 260 g/mol. The molecule has 0 fully saturated rings. The van der Waals surface area contributed by atoms with Crippen molar-refractivity contribution in [3.8, 4) is 0 Å². The van der Waals surface area contributed by atoms with Crippen LogP contribution in [0.3, 0.4) is 0 Å². The summed E-state index contributed by atoms with van der Waals surface area (Å²) in [6.45, 7) is 2.62. The molecule has 2 rings (SSSR count). The third kappa shape index (κ3) is 2.71. The van der Waals surface area contributed by atoms with E-state index in [4.69, 9.17) is 22.4 Å². The molecule has 1 aromatic heterocycles. The van der Waals surface area contributed by atoms with Gasteiger partial charge < -0.3 is 15.1 Å². The van der Waals surface area contributed by atoms with E-state index < -0.39 is 0 Å². The maximum Gasteiger partial charge on any atom is 0.123 e. The maximum atomic E-state index is 5.73. The number of aryl methyl sites for hydroxylation is 1. The molecule has 0 aliphatic rings. The molecule has 18 heavy (non-hydrogen) atoms. The Bertz CT molecular complexity index is 562. The molecule has 0 aliphatic heterocycles. The maximum absolute atomic E-state index is 5.73. The number of hydrogen-bond acceptors (Lipinski definition) is 3. The van der Waals surface area contributed by atoms with Gasteiger partial charge in [0.25, 0.3) is 0 Å². The molecule has 0 aliphatic carbocycles. The van der Waals surface area contributed by atoms with Gasteiger partial charge in [0.2, 0.25) is 0 Å². The van der Waals surface area contributed by atoms with Crippen LogP contribution in [0.1, 0.15) is 17.1 Å². The van der Waals surface area contributed by atoms with E-state index in [1.54, 1.807) is 0 Å². The van der Waals surface area contributed by atoms with Gasteiger partial charge in [0, 0.05) is 18.3 Å². The van der Waals surface area contributed by atoms with E-state index in [1.807, 2.05) is 50.4 Å². The first-order valence-electron chi connectivity index (χ1n) is 5.73. The molecule has 0 saturated heterocycles. The van der Waals surface area contributed by atoms with E-state index in [1.165, 1.54) is 0 Å². The van der Waals surface area contributed by atoms with Crippen LogP contribution in [0.25, 0.3) is 0 Å². The van der Waals surface area contributed by atoms with Crippen LogP contribution in [-0.2, 0) is 6.54 Å². The number of nitrogens with zero attached hydrogens (tertiary/aromatic N) is 1. The van der Waals surface area contributed by atoms with Gasteiger partial charge in [0.15, 0.2) is 0 Å². The zero-order valence-electron chi connectivity index (χ0n) is 10.5. The normalized spacial score (nSPS) is 10.3. The summed E-state index contributed by atoms with van der Waals surface area (Å²) in [6, 6.07) is 11.8. The molecule has 0 radical (unpaired) electrons. The van der Waals surface area contributed by atoms with Crippen molar-refractivity contribution in [2.24, 2.45) is 5.73 Å². The number of thiocarbonyl (C=S) groups is 1. The van der Waals surface area contributed by atoms with Gasteiger partial charge in [0.05, 0.1) is 6.54 Å². The van der Waals surface area contributed by atoms with Gasteiger partial charge in [-0.05, 0) is 31.2 Å². The quantitative estimate of drug-likeness (QED) is 0.858. The summed E-state index contributed by atoms with van der Waals surface area (Å²) in [4.78, 5) is 2.49. The Labute approximate surface area is 112 Å². The van der Waals surface area contributed by atoms with E-state index in [0.717, 1.165) is 22.8 Å². The van der Waals surface area contributed by atoms with Crippen LogP contribution in [-0.4, -0.2) is 12.0 Å². The number of rotatable bonds is 4. The molecule has 0 unspecified atom stereocenters. The lowest BCUT2D eigenvalue weighted by atomic mass is 10.1. The van der Waals surface area contributed by atoms with Crippen molar-refractivity contribution in [1.82, 2.24) is 0 Å². The van der Waals surface area contributed by atoms with Gasteiger partial charge in [0.1, 0.15) is 16.5 Å². The first kappa shape index (κ1) is 12.6. The summed E-state index contributed by atoms with van der Waals surface area (Å²) in [5, 5.41) is 0. The topological polar surface area (TPSA) is 42.4 Å². The van der Waals surface area contributed by atoms with Crippen LogP contribution in [0.5, 0.6) is 0 Å². The van der Waals surface area contributed by atoms with Gasteiger partial charge >= 0.3 is 0 Å². The average Bonchev–Trinajstić information content (AvgIpc) is 2.74. The molecule has 0 amide bonds. The Hall–Kier alpha value is -1.81. The van der Waals surface area contributed by atoms with Crippen LogP contribution >= 0.6 is 12.2 Å². The fraction of sp³-hybridized carbons (Fsp3) is 0.214. The van der Waals surface area contributed by atoms with Crippen molar-refractivity contribution >= 4 is 22.9 Å². The molecule has 2 N–H and O–H groups in total. The van der Waals surface area contributed by atoms with Crippen molar-refractivity contribution in [3.05, 3.63) is 53.5 Å². The third-order valence-corrected chi connectivity index (χ3v) is 2.99. The van der Waals surface area contributed by atoms with Crippen LogP contribution in [0, 0.1) is 6.92 Å². The first-order valence-corrected chi connectivity index (χ1v) is 6.14. The Kier molecular flexibility index (Phi) is 3.67. The minimum atomic E-state index is 0.410. The zero-order valence-corrected chi connectivity index (χ0v) is 11.3. The molecular weight excluding hydrogens is 244 g/mol. The lowest BCUT2D eigenvalue weighted by Gasteiger charge is -2.20. The number of para-hydroxylation sites is 1. The summed E-state index contributed by atoms with van der Waals surface area (Å²) in [7, 11) is 2.00. The first-order chi connectivity index (χ1) is 8.58. The van der Waals surface area contributed by atoms with Crippen molar-refractivity contribution in [3.63, 3.8) is 0 Å². The van der Waals surface area contributed by atoms with Crippen LogP contribution in [0.2, 0.25) is 0 Å². The predicted molar refractivity (Wildman–Crippen MR) is 77.9 cm³/mol. The van der Waals surface area contributed by atoms with Crippen molar-refractivity contribution < 1.29 is 4.42 Å². The highest BCUT2D eigenvalue weighted by atomic mass is 32.1. The summed E-state index contributed by atoms with van der Waals surface area (Å²) < 4.78 is 5.57. The van der Waals surface area contributed by atoms with Gasteiger partial charge in [-0.1, -0.05) is 24.4 Å². The molecule has 3 nitrogen and oxygen atoms in total. The van der Waals surface area contributed by atoms with Crippen molar-refractivity contribution in [2.45, 2.75) is 13.5 Å². The van der Waals surface area contributed by atoms with Crippen molar-refractivity contribution in [2.75, 3.05) is 11.9 Å². The molecule has 0 spiro atoms. The predicted octanol–water partition coefficient (Wildman–Crippen LogP) is 2.86. The number of nitrogens with two attached hydrogens (primary N) is 1. The summed E-state index contributed by atoms with van der Waals surface area (Å²) in [5.41, 5.74) is 7.63. The molecular formula is C14H16N2OS. The van der Waals surface area contributed by atoms with Gasteiger partial charge in [-0.15, -0.1) is 0 Å². The number of benzene rings is 1. The standard InChI is InChI=1S/C14H16N2OS/c1-10-7-8-11(17-10)9-16(2)13-6-4-3-5-12(13)14(15)18/h3-8H,9H2,1-2H3,(H2,15,18). The van der Waals surface area contributed by atoms with Gasteiger partial charge in [-0.3, -0.25) is 0 Å². The minimum Gasteiger partial charge on any atom is -0.464 e. The molecule has 0 atom stereocenters. The van der Waals surface area contributed by atoms with Gasteiger partial charge in [-0.25, -0.2) is 0 Å². The summed E-state index contributed by atoms with van der Waals surface area (Å²) >= 11 is 5.07. The van der Waals surface area contributed by atoms with Gasteiger partial charge in [-0.2, -0.15) is 0 Å². The molecule has 1 aromatic carbocycles. The van der Waals surface area contributed by atoms with E-state index in [0.29, 0.717) is 11.5 Å². The third-order valence-electron chi connectivity index (χ3n) is 2.77. The fourth-order valence-corrected chi connectivity index (χ4v) is 2.08. The van der Waals surface area contributed by atoms with E-state index in [2.05, 4.69) is 4.90 Å². The highest BCUT2D eigenvalue weighted by Crippen LogP contribution is 2.21. The Morgan fingerprint density at radius 1 is 1.28 bits per heavy atom. The minimum absolute atomic E-state index is 0.410. The smallest absolute Gasteiger partial charge is 0.123 e. The van der Waals surface area contributed by atoms with Crippen LogP contribution in [0.15, 0.2) is 40.8 Å². The highest BCUT2D eigenvalue weighted by Gasteiger charge is 2.10. The van der Waals surface area contributed by atoms with E-state index in [-0.39, 0.29) is 0 Å². The zero-order chi connectivity index (χ0) is 13.1. The molecule has 2 aromatic rings. The Balaban J connectivity index is 2.23. The largest absolute Gasteiger partial charge is 0.464 e. The molecule has 0 bridgehead atoms. The SMILES string of the molecule is Cc1ccc(CN(C)c2ccccc2C(N)=S)o1. The highest BCUT2D eigenvalue weighted by molar-refractivity contribution is 7.80. The Morgan fingerprint density at radius 3 is 2.61 bits per heavy atom. The molecule has 1 heterocycles. The van der Waals surface area contributed by atoms with Crippen molar-refractivity contribution in [1.29, 1.82) is 0 Å². The summed E-state index contributed by atoms with van der Waals surface area (Å²) in [6.07, 6.45) is 0. The van der Waals surface area contributed by atoms with E-state index in [9.17, 15) is 0 Å². The molecule has 94 valence electrons. The summed E-state index contributed by atoms with van der Waals surface area (Å²) in [5.74, 6) is 1.84. The second-order valence-electron chi connectivity index (χ2n) is 4.25. The number of furan rings is 1. The van der Waals surface area contributed by atoms with E-state index >= 15 is 0 Å². The fourth-order valence-electron chi connectivity index (χ4n) is 1.90.